The van der Waals surface area contributed by atoms with Crippen LogP contribution in [0, 0.1) is 5.82 Å². The zero-order chi connectivity index (χ0) is 11.1. The van der Waals surface area contributed by atoms with E-state index in [2.05, 4.69) is 4.98 Å². The largest absolute Gasteiger partial charge is 0.486 e. The van der Waals surface area contributed by atoms with E-state index in [1.807, 2.05) is 20.8 Å². The second-order valence-electron chi connectivity index (χ2n) is 5.07. The fourth-order valence-electron chi connectivity index (χ4n) is 1.40. The van der Waals surface area contributed by atoms with Crippen LogP contribution in [-0.2, 0) is 5.41 Å². The Labute approximate surface area is 89.5 Å². The molecule has 2 rings (SSSR count). The highest BCUT2D eigenvalue weighted by Crippen LogP contribution is 2.32. The molecule has 1 aliphatic carbocycles. The summed E-state index contributed by atoms with van der Waals surface area (Å²) in [5, 5.41) is 0. The van der Waals surface area contributed by atoms with Crippen LogP contribution in [0.2, 0.25) is 0 Å². The van der Waals surface area contributed by atoms with Crippen LogP contribution in [0.5, 0.6) is 5.75 Å². The van der Waals surface area contributed by atoms with Crippen molar-refractivity contribution in [3.63, 3.8) is 0 Å². The molecule has 1 aromatic rings. The van der Waals surface area contributed by atoms with Gasteiger partial charge < -0.3 is 4.74 Å². The maximum atomic E-state index is 14.0. The van der Waals surface area contributed by atoms with Gasteiger partial charge >= 0.3 is 0 Å². The molecule has 0 aliphatic heterocycles. The highest BCUT2D eigenvalue weighted by Gasteiger charge is 2.27. The molecule has 1 saturated carbocycles. The normalized spacial score (nSPS) is 16.5. The Bertz CT molecular complexity index is 366. The van der Waals surface area contributed by atoms with Gasteiger partial charge in [0.05, 0.1) is 12.3 Å². The molecule has 82 valence electrons. The van der Waals surface area contributed by atoms with Crippen molar-refractivity contribution in [2.24, 2.45) is 0 Å². The summed E-state index contributed by atoms with van der Waals surface area (Å²) in [4.78, 5) is 4.03. The van der Waals surface area contributed by atoms with E-state index in [1.54, 1.807) is 6.20 Å². The van der Waals surface area contributed by atoms with Crippen LogP contribution >= 0.6 is 0 Å². The third-order valence-electron chi connectivity index (χ3n) is 2.47. The average molecular weight is 209 g/mol. The van der Waals surface area contributed by atoms with Gasteiger partial charge in [0.1, 0.15) is 0 Å². The molecule has 1 aromatic heterocycles. The first-order chi connectivity index (χ1) is 6.98. The first-order valence-electron chi connectivity index (χ1n) is 5.29. The monoisotopic (exact) mass is 209 g/mol. The summed E-state index contributed by atoms with van der Waals surface area (Å²) in [6.07, 6.45) is 5.30. The molecule has 0 bridgehead atoms. The van der Waals surface area contributed by atoms with Gasteiger partial charge in [-0.15, -0.1) is 0 Å². The summed E-state index contributed by atoms with van der Waals surface area (Å²) in [5.41, 5.74) is 0.376. The molecule has 0 atom stereocenters. The molecule has 15 heavy (non-hydrogen) atoms. The number of ether oxygens (including phenoxy) is 1. The number of aromatic nitrogens is 1. The lowest BCUT2D eigenvalue weighted by molar-refractivity contribution is 0.283. The van der Waals surface area contributed by atoms with Crippen LogP contribution in [0.4, 0.5) is 4.39 Å². The van der Waals surface area contributed by atoms with Gasteiger partial charge in [0.2, 0.25) is 0 Å². The van der Waals surface area contributed by atoms with Gasteiger partial charge in [-0.25, -0.2) is 4.39 Å². The number of rotatable bonds is 2. The lowest BCUT2D eigenvalue weighted by atomic mass is 9.88. The van der Waals surface area contributed by atoms with E-state index in [0.29, 0.717) is 11.3 Å². The molecule has 2 nitrogen and oxygen atoms in total. The van der Waals surface area contributed by atoms with Crippen molar-refractivity contribution < 1.29 is 9.13 Å². The van der Waals surface area contributed by atoms with Crippen molar-refractivity contribution in [2.75, 3.05) is 0 Å². The molecule has 0 radical (unpaired) electrons. The standard InChI is InChI=1S/C12H16FNO/c1-12(2,3)9-6-14-7-10(11(9)13)15-8-4-5-8/h6-8H,4-5H2,1-3H3. The van der Waals surface area contributed by atoms with Crippen molar-refractivity contribution in [2.45, 2.75) is 45.1 Å². The van der Waals surface area contributed by atoms with E-state index in [-0.39, 0.29) is 17.3 Å². The number of pyridine rings is 1. The molecule has 1 fully saturated rings. The van der Waals surface area contributed by atoms with Crippen LogP contribution in [0.15, 0.2) is 12.4 Å². The molecule has 1 aliphatic rings. The Balaban J connectivity index is 2.31. The van der Waals surface area contributed by atoms with Gasteiger partial charge in [0.15, 0.2) is 11.6 Å². The fourth-order valence-corrected chi connectivity index (χ4v) is 1.40. The maximum absolute atomic E-state index is 14.0. The predicted octanol–water partition coefficient (Wildman–Crippen LogP) is 3.06. The third kappa shape index (κ3) is 2.28. The molecule has 0 amide bonds. The van der Waals surface area contributed by atoms with Crippen LogP contribution in [-0.4, -0.2) is 11.1 Å². The highest BCUT2D eigenvalue weighted by molar-refractivity contribution is 5.31. The molecular weight excluding hydrogens is 193 g/mol. The van der Waals surface area contributed by atoms with Crippen LogP contribution in [0.25, 0.3) is 0 Å². The Hall–Kier alpha value is -1.12. The lowest BCUT2D eigenvalue weighted by Crippen LogP contribution is -2.15. The minimum Gasteiger partial charge on any atom is -0.486 e. The zero-order valence-electron chi connectivity index (χ0n) is 9.38. The third-order valence-corrected chi connectivity index (χ3v) is 2.47. The Kier molecular flexibility index (Phi) is 2.41. The van der Waals surface area contributed by atoms with Gasteiger partial charge in [-0.2, -0.15) is 0 Å². The summed E-state index contributed by atoms with van der Waals surface area (Å²) < 4.78 is 19.4. The Morgan fingerprint density at radius 3 is 2.53 bits per heavy atom. The van der Waals surface area contributed by atoms with Crippen molar-refractivity contribution in [3.8, 4) is 5.75 Å². The summed E-state index contributed by atoms with van der Waals surface area (Å²) in [5.74, 6) is 0.0364. The van der Waals surface area contributed by atoms with Crippen LogP contribution in [0.3, 0.4) is 0 Å². The average Bonchev–Trinajstić information content (AvgIpc) is 2.90. The minimum atomic E-state index is -0.260. The molecule has 0 aromatic carbocycles. The van der Waals surface area contributed by atoms with E-state index in [1.165, 1.54) is 6.20 Å². The predicted molar refractivity (Wildman–Crippen MR) is 56.5 cm³/mol. The van der Waals surface area contributed by atoms with Gasteiger partial charge in [-0.3, -0.25) is 4.98 Å². The Morgan fingerprint density at radius 2 is 2.00 bits per heavy atom. The van der Waals surface area contributed by atoms with E-state index < -0.39 is 0 Å². The molecule has 0 spiro atoms. The fraction of sp³-hybridized carbons (Fsp3) is 0.583. The number of nitrogens with zero attached hydrogens (tertiary/aromatic N) is 1. The second kappa shape index (κ2) is 3.47. The summed E-state index contributed by atoms with van der Waals surface area (Å²) in [6, 6.07) is 0. The molecule has 0 unspecified atom stereocenters. The molecule has 3 heteroatoms. The van der Waals surface area contributed by atoms with Crippen LogP contribution < -0.4 is 4.74 Å². The second-order valence-corrected chi connectivity index (χ2v) is 5.07. The van der Waals surface area contributed by atoms with Gasteiger partial charge in [0.25, 0.3) is 0 Å². The first-order valence-corrected chi connectivity index (χ1v) is 5.29. The highest BCUT2D eigenvalue weighted by atomic mass is 19.1. The maximum Gasteiger partial charge on any atom is 0.173 e. The topological polar surface area (TPSA) is 22.1 Å². The quantitative estimate of drug-likeness (QED) is 0.746. The van der Waals surface area contributed by atoms with Crippen molar-refractivity contribution >= 4 is 0 Å². The van der Waals surface area contributed by atoms with E-state index in [4.69, 9.17) is 4.74 Å². The van der Waals surface area contributed by atoms with E-state index in [0.717, 1.165) is 12.8 Å². The zero-order valence-corrected chi connectivity index (χ0v) is 9.38. The van der Waals surface area contributed by atoms with E-state index >= 15 is 0 Å². The number of hydrogen-bond donors (Lipinski definition) is 0. The van der Waals surface area contributed by atoms with Crippen molar-refractivity contribution in [3.05, 3.63) is 23.8 Å². The van der Waals surface area contributed by atoms with Crippen molar-refractivity contribution in [1.82, 2.24) is 4.98 Å². The SMILES string of the molecule is CC(C)(C)c1cncc(OC2CC2)c1F. The molecular formula is C12H16FNO. The first kappa shape index (κ1) is 10.4. The number of halogens is 1. The van der Waals surface area contributed by atoms with Crippen LogP contribution in [0.1, 0.15) is 39.2 Å². The summed E-state index contributed by atoms with van der Waals surface area (Å²) in [6.45, 7) is 5.90. The van der Waals surface area contributed by atoms with Gasteiger partial charge in [0, 0.05) is 11.8 Å². The van der Waals surface area contributed by atoms with E-state index in [9.17, 15) is 4.39 Å². The smallest absolute Gasteiger partial charge is 0.173 e. The lowest BCUT2D eigenvalue weighted by Gasteiger charge is -2.20. The molecule has 1 heterocycles. The Morgan fingerprint density at radius 1 is 1.33 bits per heavy atom. The minimum absolute atomic E-state index is 0.205. The summed E-state index contributed by atoms with van der Waals surface area (Å²) in [7, 11) is 0. The molecule has 0 N–H and O–H groups in total. The van der Waals surface area contributed by atoms with Gasteiger partial charge in [-0.1, -0.05) is 20.8 Å². The van der Waals surface area contributed by atoms with Gasteiger partial charge in [-0.05, 0) is 18.3 Å². The molecule has 0 saturated heterocycles. The summed E-state index contributed by atoms with van der Waals surface area (Å²) >= 11 is 0. The number of hydrogen-bond acceptors (Lipinski definition) is 2. The van der Waals surface area contributed by atoms with Crippen molar-refractivity contribution in [1.29, 1.82) is 0 Å².